The monoisotopic (exact) mass is 359 g/mol. The molecule has 1 amide bonds. The lowest BCUT2D eigenvalue weighted by molar-refractivity contribution is -0.135. The van der Waals surface area contributed by atoms with Gasteiger partial charge in [-0.25, -0.2) is 9.97 Å². The highest BCUT2D eigenvalue weighted by molar-refractivity contribution is 5.76. The largest absolute Gasteiger partial charge is 0.378 e. The van der Waals surface area contributed by atoms with E-state index in [4.69, 9.17) is 4.74 Å². The highest BCUT2D eigenvalue weighted by Crippen LogP contribution is 2.28. The van der Waals surface area contributed by atoms with E-state index in [0.717, 1.165) is 50.7 Å². The Hall–Kier alpha value is -1.89. The van der Waals surface area contributed by atoms with Crippen LogP contribution < -0.4 is 10.2 Å². The van der Waals surface area contributed by atoms with E-state index in [1.54, 1.807) is 6.33 Å². The Labute approximate surface area is 155 Å². The van der Waals surface area contributed by atoms with Crippen LogP contribution in [0.15, 0.2) is 12.4 Å². The third-order valence-electron chi connectivity index (χ3n) is 5.56. The minimum atomic E-state index is 0.281. The molecule has 3 heterocycles. The number of carbonyl (C=O) groups excluding carboxylic acids is 1. The molecule has 142 valence electrons. The number of hydrogen-bond donors (Lipinski definition) is 1. The maximum atomic E-state index is 12.4. The summed E-state index contributed by atoms with van der Waals surface area (Å²) in [6.45, 7) is 4.85. The van der Waals surface area contributed by atoms with Crippen LogP contribution in [0, 0.1) is 5.92 Å². The molecule has 7 nitrogen and oxygen atoms in total. The minimum Gasteiger partial charge on any atom is -0.378 e. The van der Waals surface area contributed by atoms with Crippen molar-refractivity contribution in [3.05, 3.63) is 12.4 Å². The molecule has 7 heteroatoms. The number of hydrogen-bond acceptors (Lipinski definition) is 6. The number of carbonyl (C=O) groups is 1. The second kappa shape index (κ2) is 8.20. The third-order valence-corrected chi connectivity index (χ3v) is 5.56. The number of anilines is 2. The van der Waals surface area contributed by atoms with Crippen LogP contribution in [0.5, 0.6) is 0 Å². The standard InChI is InChI=1S/C19H29N5O2/c25-19(23-8-10-26-11-9-23)6-3-15-2-1-7-24(13-15)18-12-17(20-14-21-18)22-16-4-5-16/h12,14-16H,1-11,13H2,(H,20,21,22)/t15-/m1/s1. The van der Waals surface area contributed by atoms with Crippen LogP contribution in [-0.4, -0.2) is 66.2 Å². The van der Waals surface area contributed by atoms with Crippen molar-refractivity contribution in [2.24, 2.45) is 5.92 Å². The maximum absolute atomic E-state index is 12.4. The molecule has 1 aliphatic carbocycles. The lowest BCUT2D eigenvalue weighted by atomic mass is 9.93. The Bertz CT molecular complexity index is 616. The molecular formula is C19H29N5O2. The lowest BCUT2D eigenvalue weighted by Gasteiger charge is -2.34. The Morgan fingerprint density at radius 3 is 2.85 bits per heavy atom. The van der Waals surface area contributed by atoms with E-state index in [9.17, 15) is 4.79 Å². The number of rotatable bonds is 6. The van der Waals surface area contributed by atoms with Gasteiger partial charge in [-0.05, 0) is 38.0 Å². The number of nitrogens with one attached hydrogen (secondary N) is 1. The summed E-state index contributed by atoms with van der Waals surface area (Å²) in [5.41, 5.74) is 0. The number of nitrogens with zero attached hydrogens (tertiary/aromatic N) is 4. The first-order chi connectivity index (χ1) is 12.8. The van der Waals surface area contributed by atoms with Crippen molar-refractivity contribution in [3.63, 3.8) is 0 Å². The molecule has 3 fully saturated rings. The summed E-state index contributed by atoms with van der Waals surface area (Å²) in [5.74, 6) is 2.78. The molecule has 0 spiro atoms. The highest BCUT2D eigenvalue weighted by atomic mass is 16.5. The van der Waals surface area contributed by atoms with Gasteiger partial charge in [-0.15, -0.1) is 0 Å². The van der Waals surface area contributed by atoms with Crippen molar-refractivity contribution in [1.29, 1.82) is 0 Å². The maximum Gasteiger partial charge on any atom is 0.222 e. The molecule has 2 aliphatic heterocycles. The van der Waals surface area contributed by atoms with Gasteiger partial charge >= 0.3 is 0 Å². The number of aromatic nitrogens is 2. The summed E-state index contributed by atoms with van der Waals surface area (Å²) in [4.78, 5) is 25.5. The second-order valence-electron chi connectivity index (χ2n) is 7.67. The van der Waals surface area contributed by atoms with Gasteiger partial charge in [0.15, 0.2) is 0 Å². The molecule has 0 bridgehead atoms. The average Bonchev–Trinajstić information content (AvgIpc) is 3.51. The quantitative estimate of drug-likeness (QED) is 0.837. The van der Waals surface area contributed by atoms with Crippen molar-refractivity contribution in [2.45, 2.75) is 44.6 Å². The van der Waals surface area contributed by atoms with E-state index in [-0.39, 0.29) is 5.91 Å². The summed E-state index contributed by atoms with van der Waals surface area (Å²) in [6.07, 6.45) is 8.11. The predicted octanol–water partition coefficient (Wildman–Crippen LogP) is 1.91. The Morgan fingerprint density at radius 2 is 2.04 bits per heavy atom. The fourth-order valence-corrected chi connectivity index (χ4v) is 3.84. The van der Waals surface area contributed by atoms with E-state index >= 15 is 0 Å². The normalized spacial score (nSPS) is 23.8. The number of amides is 1. The SMILES string of the molecule is O=C(CC[C@H]1CCCN(c2cc(NC3CC3)ncn2)C1)N1CCOCC1. The molecule has 1 saturated carbocycles. The Morgan fingerprint density at radius 1 is 1.19 bits per heavy atom. The van der Waals surface area contributed by atoms with Gasteiger partial charge in [0, 0.05) is 44.7 Å². The summed E-state index contributed by atoms with van der Waals surface area (Å²) in [7, 11) is 0. The van der Waals surface area contributed by atoms with Crippen LogP contribution in [0.4, 0.5) is 11.6 Å². The van der Waals surface area contributed by atoms with Crippen LogP contribution in [0.2, 0.25) is 0 Å². The Balaban J connectivity index is 1.28. The summed E-state index contributed by atoms with van der Waals surface area (Å²) >= 11 is 0. The van der Waals surface area contributed by atoms with Crippen LogP contribution in [0.3, 0.4) is 0 Å². The van der Waals surface area contributed by atoms with E-state index in [1.807, 2.05) is 4.90 Å². The smallest absolute Gasteiger partial charge is 0.222 e. The molecule has 1 aromatic heterocycles. The molecule has 0 radical (unpaired) electrons. The molecule has 1 atom stereocenters. The topological polar surface area (TPSA) is 70.6 Å². The van der Waals surface area contributed by atoms with Gasteiger partial charge in [0.1, 0.15) is 18.0 Å². The van der Waals surface area contributed by atoms with Gasteiger partial charge in [-0.3, -0.25) is 4.79 Å². The van der Waals surface area contributed by atoms with Gasteiger partial charge in [0.05, 0.1) is 13.2 Å². The zero-order valence-electron chi connectivity index (χ0n) is 15.4. The molecule has 3 aliphatic rings. The summed E-state index contributed by atoms with van der Waals surface area (Å²) < 4.78 is 5.33. The van der Waals surface area contributed by atoms with E-state index in [0.29, 0.717) is 31.6 Å². The first-order valence-electron chi connectivity index (χ1n) is 9.97. The fraction of sp³-hybridized carbons (Fsp3) is 0.737. The molecule has 4 rings (SSSR count). The lowest BCUT2D eigenvalue weighted by Crippen LogP contribution is -2.41. The van der Waals surface area contributed by atoms with Gasteiger partial charge in [-0.2, -0.15) is 0 Å². The van der Waals surface area contributed by atoms with Crippen molar-refractivity contribution >= 4 is 17.5 Å². The molecular weight excluding hydrogens is 330 g/mol. The first kappa shape index (κ1) is 17.5. The van der Waals surface area contributed by atoms with Crippen molar-refractivity contribution < 1.29 is 9.53 Å². The number of morpholine rings is 1. The number of piperidine rings is 1. The number of ether oxygens (including phenoxy) is 1. The zero-order valence-corrected chi connectivity index (χ0v) is 15.4. The van der Waals surface area contributed by atoms with E-state index in [2.05, 4.69) is 26.3 Å². The average molecular weight is 359 g/mol. The van der Waals surface area contributed by atoms with Crippen molar-refractivity contribution in [3.8, 4) is 0 Å². The van der Waals surface area contributed by atoms with E-state index < -0.39 is 0 Å². The van der Waals surface area contributed by atoms with Crippen molar-refractivity contribution in [2.75, 3.05) is 49.6 Å². The van der Waals surface area contributed by atoms with Gasteiger partial charge in [0.2, 0.25) is 5.91 Å². The van der Waals surface area contributed by atoms with Crippen molar-refractivity contribution in [1.82, 2.24) is 14.9 Å². The fourth-order valence-electron chi connectivity index (χ4n) is 3.84. The molecule has 0 unspecified atom stereocenters. The zero-order chi connectivity index (χ0) is 17.8. The minimum absolute atomic E-state index is 0.281. The molecule has 2 saturated heterocycles. The second-order valence-corrected chi connectivity index (χ2v) is 7.67. The molecule has 26 heavy (non-hydrogen) atoms. The van der Waals surface area contributed by atoms with E-state index in [1.165, 1.54) is 19.3 Å². The van der Waals surface area contributed by atoms with Crippen LogP contribution in [0.1, 0.15) is 38.5 Å². The molecule has 1 N–H and O–H groups in total. The third kappa shape index (κ3) is 4.63. The first-order valence-corrected chi connectivity index (χ1v) is 9.97. The molecule has 1 aromatic rings. The molecule has 0 aromatic carbocycles. The van der Waals surface area contributed by atoms with Crippen LogP contribution in [0.25, 0.3) is 0 Å². The van der Waals surface area contributed by atoms with Crippen LogP contribution in [-0.2, 0) is 9.53 Å². The highest BCUT2D eigenvalue weighted by Gasteiger charge is 2.25. The van der Waals surface area contributed by atoms with Gasteiger partial charge in [-0.1, -0.05) is 0 Å². The predicted molar refractivity (Wildman–Crippen MR) is 100 cm³/mol. The summed E-state index contributed by atoms with van der Waals surface area (Å²) in [5, 5.41) is 3.44. The summed E-state index contributed by atoms with van der Waals surface area (Å²) in [6, 6.07) is 2.66. The van der Waals surface area contributed by atoms with Gasteiger partial charge < -0.3 is 19.9 Å². The Kier molecular flexibility index (Phi) is 5.53. The van der Waals surface area contributed by atoms with Gasteiger partial charge in [0.25, 0.3) is 0 Å². The van der Waals surface area contributed by atoms with Crippen LogP contribution >= 0.6 is 0 Å².